The van der Waals surface area contributed by atoms with Crippen LogP contribution in [-0.2, 0) is 11.3 Å². The maximum absolute atomic E-state index is 9.83. The molecule has 1 saturated carbocycles. The molecule has 1 aromatic carbocycles. The molecule has 20 heavy (non-hydrogen) atoms. The fourth-order valence-electron chi connectivity index (χ4n) is 2.26. The number of hydrogen-bond acceptors (Lipinski definition) is 3. The highest BCUT2D eigenvalue weighted by Crippen LogP contribution is 2.35. The van der Waals surface area contributed by atoms with Gasteiger partial charge in [0.15, 0.2) is 0 Å². The lowest BCUT2D eigenvalue weighted by atomic mass is 10.1. The lowest BCUT2D eigenvalue weighted by molar-refractivity contribution is 0.0285. The van der Waals surface area contributed by atoms with Gasteiger partial charge in [-0.3, -0.25) is 0 Å². The van der Waals surface area contributed by atoms with Gasteiger partial charge in [0, 0.05) is 11.6 Å². The van der Waals surface area contributed by atoms with Gasteiger partial charge < -0.3 is 15.2 Å². The Morgan fingerprint density at radius 1 is 1.30 bits per heavy atom. The van der Waals surface area contributed by atoms with Crippen LogP contribution >= 0.6 is 11.6 Å². The predicted octanol–water partition coefficient (Wildman–Crippen LogP) is 2.85. The van der Waals surface area contributed by atoms with Crippen molar-refractivity contribution in [2.45, 2.75) is 32.5 Å². The number of hydrogen-bond donors (Lipinski definition) is 2. The summed E-state index contributed by atoms with van der Waals surface area (Å²) in [7, 11) is 0. The predicted molar refractivity (Wildman–Crippen MR) is 81.9 cm³/mol. The molecule has 2 rings (SSSR count). The molecule has 0 radical (unpaired) electrons. The van der Waals surface area contributed by atoms with E-state index in [0.717, 1.165) is 29.0 Å². The average molecular weight is 298 g/mol. The van der Waals surface area contributed by atoms with E-state index in [-0.39, 0.29) is 0 Å². The lowest BCUT2D eigenvalue weighted by Gasteiger charge is -2.15. The van der Waals surface area contributed by atoms with E-state index >= 15 is 0 Å². The SMILES string of the molecule is CC(CNCC(O)COCc1ccc(Cl)cc1)C1CC1. The number of rotatable bonds is 9. The second-order valence-electron chi connectivity index (χ2n) is 5.77. The molecule has 0 bridgehead atoms. The summed E-state index contributed by atoms with van der Waals surface area (Å²) in [4.78, 5) is 0. The first-order chi connectivity index (χ1) is 9.65. The summed E-state index contributed by atoms with van der Waals surface area (Å²) in [5.74, 6) is 1.62. The molecule has 0 spiro atoms. The van der Waals surface area contributed by atoms with Crippen molar-refractivity contribution in [2.75, 3.05) is 19.7 Å². The van der Waals surface area contributed by atoms with Crippen molar-refractivity contribution in [3.8, 4) is 0 Å². The van der Waals surface area contributed by atoms with Crippen molar-refractivity contribution < 1.29 is 9.84 Å². The highest BCUT2D eigenvalue weighted by molar-refractivity contribution is 6.30. The van der Waals surface area contributed by atoms with Crippen LogP contribution in [-0.4, -0.2) is 30.9 Å². The zero-order valence-electron chi connectivity index (χ0n) is 12.0. The third-order valence-corrected chi connectivity index (χ3v) is 4.02. The topological polar surface area (TPSA) is 41.5 Å². The molecule has 0 saturated heterocycles. The van der Waals surface area contributed by atoms with E-state index in [0.29, 0.717) is 19.8 Å². The van der Waals surface area contributed by atoms with E-state index in [4.69, 9.17) is 16.3 Å². The van der Waals surface area contributed by atoms with Gasteiger partial charge in [-0.25, -0.2) is 0 Å². The highest BCUT2D eigenvalue weighted by Gasteiger charge is 2.27. The number of aliphatic hydroxyl groups excluding tert-OH is 1. The van der Waals surface area contributed by atoms with Crippen LogP contribution < -0.4 is 5.32 Å². The van der Waals surface area contributed by atoms with E-state index in [9.17, 15) is 5.11 Å². The van der Waals surface area contributed by atoms with E-state index in [1.54, 1.807) is 0 Å². The Morgan fingerprint density at radius 3 is 2.65 bits per heavy atom. The van der Waals surface area contributed by atoms with Gasteiger partial charge in [0.1, 0.15) is 0 Å². The Bertz CT molecular complexity index is 392. The van der Waals surface area contributed by atoms with Crippen LogP contribution in [0.25, 0.3) is 0 Å². The largest absolute Gasteiger partial charge is 0.389 e. The summed E-state index contributed by atoms with van der Waals surface area (Å²) < 4.78 is 5.51. The molecule has 1 aliphatic carbocycles. The van der Waals surface area contributed by atoms with E-state index in [1.807, 2.05) is 24.3 Å². The van der Waals surface area contributed by atoms with Crippen molar-refractivity contribution in [1.82, 2.24) is 5.32 Å². The highest BCUT2D eigenvalue weighted by atomic mass is 35.5. The molecule has 3 nitrogen and oxygen atoms in total. The van der Waals surface area contributed by atoms with Crippen LogP contribution in [0.15, 0.2) is 24.3 Å². The van der Waals surface area contributed by atoms with Crippen LogP contribution in [0.1, 0.15) is 25.3 Å². The molecule has 112 valence electrons. The summed E-state index contributed by atoms with van der Waals surface area (Å²) in [6.07, 6.45) is 2.29. The summed E-state index contributed by atoms with van der Waals surface area (Å²) in [6.45, 7) is 4.71. The molecular formula is C16H24ClNO2. The minimum Gasteiger partial charge on any atom is -0.389 e. The van der Waals surface area contributed by atoms with Crippen LogP contribution in [0.2, 0.25) is 5.02 Å². The quantitative estimate of drug-likeness (QED) is 0.736. The van der Waals surface area contributed by atoms with E-state index < -0.39 is 6.10 Å². The maximum Gasteiger partial charge on any atom is 0.0897 e. The van der Waals surface area contributed by atoms with E-state index in [2.05, 4.69) is 12.2 Å². The van der Waals surface area contributed by atoms with Gasteiger partial charge in [-0.15, -0.1) is 0 Å². The molecule has 0 amide bonds. The Kier molecular flexibility index (Phi) is 6.30. The zero-order valence-corrected chi connectivity index (χ0v) is 12.8. The molecule has 1 fully saturated rings. The molecule has 0 heterocycles. The molecule has 4 heteroatoms. The number of benzene rings is 1. The first kappa shape index (κ1) is 15.8. The standard InChI is InChI=1S/C16H24ClNO2/c1-12(14-4-5-14)8-18-9-16(19)11-20-10-13-2-6-15(17)7-3-13/h2-3,6-7,12,14,16,18-19H,4-5,8-11H2,1H3. The third kappa shape index (κ3) is 5.80. The smallest absolute Gasteiger partial charge is 0.0897 e. The Balaban J connectivity index is 1.53. The molecule has 2 N–H and O–H groups in total. The second kappa shape index (κ2) is 7.99. The number of ether oxygens (including phenoxy) is 1. The molecular weight excluding hydrogens is 274 g/mol. The molecule has 1 aromatic rings. The van der Waals surface area contributed by atoms with Crippen LogP contribution in [0.5, 0.6) is 0 Å². The van der Waals surface area contributed by atoms with Gasteiger partial charge in [-0.2, -0.15) is 0 Å². The maximum atomic E-state index is 9.83. The Hall–Kier alpha value is -0.610. The van der Waals surface area contributed by atoms with Gasteiger partial charge in [-0.1, -0.05) is 30.7 Å². The van der Waals surface area contributed by atoms with Crippen LogP contribution in [0.3, 0.4) is 0 Å². The second-order valence-corrected chi connectivity index (χ2v) is 6.20. The average Bonchev–Trinajstić information content (AvgIpc) is 3.25. The fourth-order valence-corrected chi connectivity index (χ4v) is 2.39. The van der Waals surface area contributed by atoms with Crippen molar-refractivity contribution in [3.63, 3.8) is 0 Å². The van der Waals surface area contributed by atoms with Crippen molar-refractivity contribution in [3.05, 3.63) is 34.9 Å². The fraction of sp³-hybridized carbons (Fsp3) is 0.625. The third-order valence-electron chi connectivity index (χ3n) is 3.77. The summed E-state index contributed by atoms with van der Waals surface area (Å²) in [5, 5.41) is 13.9. The molecule has 0 aromatic heterocycles. The van der Waals surface area contributed by atoms with Gasteiger partial charge in [-0.05, 0) is 48.9 Å². The minimum atomic E-state index is -0.450. The van der Waals surface area contributed by atoms with Crippen molar-refractivity contribution >= 4 is 11.6 Å². The van der Waals surface area contributed by atoms with Crippen LogP contribution in [0.4, 0.5) is 0 Å². The summed E-state index contributed by atoms with van der Waals surface area (Å²) >= 11 is 5.82. The van der Waals surface area contributed by atoms with Crippen molar-refractivity contribution in [2.24, 2.45) is 11.8 Å². The normalized spacial score (nSPS) is 17.9. The zero-order chi connectivity index (χ0) is 14.4. The summed E-state index contributed by atoms with van der Waals surface area (Å²) in [6, 6.07) is 7.56. The van der Waals surface area contributed by atoms with Gasteiger partial charge in [0.2, 0.25) is 0 Å². The molecule has 1 aliphatic rings. The summed E-state index contributed by atoms with van der Waals surface area (Å²) in [5.41, 5.74) is 1.07. The number of halogens is 1. The van der Waals surface area contributed by atoms with Gasteiger partial charge in [0.25, 0.3) is 0 Å². The van der Waals surface area contributed by atoms with Gasteiger partial charge >= 0.3 is 0 Å². The van der Waals surface area contributed by atoms with Crippen molar-refractivity contribution in [1.29, 1.82) is 0 Å². The minimum absolute atomic E-state index is 0.355. The van der Waals surface area contributed by atoms with E-state index in [1.165, 1.54) is 12.8 Å². The first-order valence-electron chi connectivity index (χ1n) is 7.36. The number of nitrogens with one attached hydrogen (secondary N) is 1. The Morgan fingerprint density at radius 2 is 2.00 bits per heavy atom. The Labute approximate surface area is 126 Å². The van der Waals surface area contributed by atoms with Crippen LogP contribution in [0, 0.1) is 11.8 Å². The number of aliphatic hydroxyl groups is 1. The molecule has 2 atom stereocenters. The van der Waals surface area contributed by atoms with Gasteiger partial charge in [0.05, 0.1) is 19.3 Å². The lowest BCUT2D eigenvalue weighted by Crippen LogP contribution is -2.33. The molecule has 2 unspecified atom stereocenters. The first-order valence-corrected chi connectivity index (χ1v) is 7.74. The monoisotopic (exact) mass is 297 g/mol. The molecule has 0 aliphatic heterocycles.